The average molecular weight is 311 g/mol. The van der Waals surface area contributed by atoms with Crippen LogP contribution in [-0.2, 0) is 11.2 Å². The van der Waals surface area contributed by atoms with Crippen LogP contribution in [0.15, 0.2) is 30.3 Å². The summed E-state index contributed by atoms with van der Waals surface area (Å²) in [7, 11) is 2.28. The number of carbonyl (C=O) groups excluding carboxylic acids is 1. The van der Waals surface area contributed by atoms with Crippen molar-refractivity contribution in [1.82, 2.24) is 9.47 Å². The van der Waals surface area contributed by atoms with Crippen LogP contribution in [0.5, 0.6) is 0 Å². The molecule has 2 saturated heterocycles. The molecule has 0 radical (unpaired) electrons. The normalized spacial score (nSPS) is 28.1. The second-order valence-corrected chi connectivity index (χ2v) is 7.24. The van der Waals surface area contributed by atoms with Gasteiger partial charge >= 0.3 is 0 Å². The van der Waals surface area contributed by atoms with Gasteiger partial charge in [0.2, 0.25) is 5.91 Å². The minimum Gasteiger partial charge on any atom is -0.369 e. The van der Waals surface area contributed by atoms with E-state index in [1.165, 1.54) is 43.0 Å². The van der Waals surface area contributed by atoms with Gasteiger partial charge in [0.05, 0.1) is 6.42 Å². The van der Waals surface area contributed by atoms with E-state index < -0.39 is 0 Å². The molecule has 2 aromatic rings. The molecule has 4 nitrogen and oxygen atoms in total. The first-order valence-corrected chi connectivity index (χ1v) is 8.72. The highest BCUT2D eigenvalue weighted by atomic mass is 16.1. The SMILES string of the molecule is CN1C2CCCC1CC(n1c(CC(N)=O)cc3ccccc31)C2. The lowest BCUT2D eigenvalue weighted by molar-refractivity contribution is -0.117. The van der Waals surface area contributed by atoms with Crippen molar-refractivity contribution in [3.63, 3.8) is 0 Å². The van der Waals surface area contributed by atoms with Crippen LogP contribution in [0.1, 0.15) is 43.8 Å². The molecule has 2 unspecified atom stereocenters. The molecule has 2 aliphatic rings. The number of hydrogen-bond donors (Lipinski definition) is 1. The number of fused-ring (bicyclic) bond motifs is 3. The van der Waals surface area contributed by atoms with Crippen LogP contribution >= 0.6 is 0 Å². The maximum absolute atomic E-state index is 11.5. The monoisotopic (exact) mass is 311 g/mol. The number of aromatic nitrogens is 1. The molecule has 4 rings (SSSR count). The van der Waals surface area contributed by atoms with E-state index >= 15 is 0 Å². The van der Waals surface area contributed by atoms with Gasteiger partial charge in [0, 0.05) is 29.3 Å². The second-order valence-electron chi connectivity index (χ2n) is 7.24. The number of para-hydroxylation sites is 1. The van der Waals surface area contributed by atoms with Crippen molar-refractivity contribution in [2.24, 2.45) is 5.73 Å². The van der Waals surface area contributed by atoms with Crippen LogP contribution in [0, 0.1) is 0 Å². The van der Waals surface area contributed by atoms with Gasteiger partial charge in [-0.3, -0.25) is 4.79 Å². The zero-order valence-electron chi connectivity index (χ0n) is 13.7. The number of carbonyl (C=O) groups is 1. The largest absolute Gasteiger partial charge is 0.369 e. The fraction of sp³-hybridized carbons (Fsp3) is 0.526. The van der Waals surface area contributed by atoms with E-state index in [0.29, 0.717) is 24.5 Å². The average Bonchev–Trinajstić information content (AvgIpc) is 2.84. The standard InChI is InChI=1S/C19H25N3O/c1-21-14-6-4-7-15(21)11-17(10-14)22-16(12-19(20)23)9-13-5-2-3-8-18(13)22/h2-3,5,8-9,14-15,17H,4,6-7,10-12H2,1H3,(H2,20,23). The summed E-state index contributed by atoms with van der Waals surface area (Å²) < 4.78 is 2.42. The predicted octanol–water partition coefficient (Wildman–Crippen LogP) is 2.86. The van der Waals surface area contributed by atoms with Crippen molar-refractivity contribution in [3.05, 3.63) is 36.0 Å². The van der Waals surface area contributed by atoms with Crippen LogP contribution < -0.4 is 5.73 Å². The van der Waals surface area contributed by atoms with Gasteiger partial charge in [-0.2, -0.15) is 0 Å². The van der Waals surface area contributed by atoms with Crippen LogP contribution in [0.25, 0.3) is 10.9 Å². The smallest absolute Gasteiger partial charge is 0.223 e. The lowest BCUT2D eigenvalue weighted by Gasteiger charge is -2.47. The first-order chi connectivity index (χ1) is 11.1. The summed E-state index contributed by atoms with van der Waals surface area (Å²) in [4.78, 5) is 14.1. The number of benzene rings is 1. The van der Waals surface area contributed by atoms with Crippen molar-refractivity contribution in [2.75, 3.05) is 7.05 Å². The maximum atomic E-state index is 11.5. The Hall–Kier alpha value is -1.81. The van der Waals surface area contributed by atoms with Gasteiger partial charge in [-0.05, 0) is 50.2 Å². The summed E-state index contributed by atoms with van der Waals surface area (Å²) in [6.45, 7) is 0. The zero-order chi connectivity index (χ0) is 16.0. The molecule has 1 amide bonds. The van der Waals surface area contributed by atoms with Gasteiger partial charge in [-0.1, -0.05) is 24.6 Å². The van der Waals surface area contributed by atoms with Crippen LogP contribution in [0.3, 0.4) is 0 Å². The Bertz CT molecular complexity index is 721. The van der Waals surface area contributed by atoms with Gasteiger partial charge in [0.25, 0.3) is 0 Å². The summed E-state index contributed by atoms with van der Waals surface area (Å²) in [5.74, 6) is -0.248. The number of hydrogen-bond acceptors (Lipinski definition) is 2. The molecule has 0 aliphatic carbocycles. The molecule has 4 heteroatoms. The molecule has 1 aromatic carbocycles. The van der Waals surface area contributed by atoms with Gasteiger partial charge < -0.3 is 15.2 Å². The summed E-state index contributed by atoms with van der Waals surface area (Å²) >= 11 is 0. The Balaban J connectivity index is 1.76. The molecule has 2 atom stereocenters. The molecule has 1 aromatic heterocycles. The molecular formula is C19H25N3O. The lowest BCUT2D eigenvalue weighted by atomic mass is 9.82. The summed E-state index contributed by atoms with van der Waals surface area (Å²) in [5, 5.41) is 1.22. The molecule has 2 fully saturated rings. The Labute approximate surface area is 137 Å². The quantitative estimate of drug-likeness (QED) is 0.947. The predicted molar refractivity (Wildman–Crippen MR) is 92.3 cm³/mol. The van der Waals surface area contributed by atoms with Gasteiger partial charge in [0.15, 0.2) is 0 Å². The topological polar surface area (TPSA) is 51.3 Å². The van der Waals surface area contributed by atoms with E-state index in [1.807, 2.05) is 0 Å². The number of amides is 1. The fourth-order valence-electron chi connectivity index (χ4n) is 4.78. The molecule has 2 aliphatic heterocycles. The van der Waals surface area contributed by atoms with Crippen molar-refractivity contribution in [1.29, 1.82) is 0 Å². The Morgan fingerprint density at radius 1 is 1.17 bits per heavy atom. The third kappa shape index (κ3) is 2.55. The molecule has 0 saturated carbocycles. The van der Waals surface area contributed by atoms with Crippen LogP contribution in [0.4, 0.5) is 0 Å². The first kappa shape index (κ1) is 14.8. The Kier molecular flexibility index (Phi) is 3.64. The van der Waals surface area contributed by atoms with Crippen molar-refractivity contribution in [3.8, 4) is 0 Å². The van der Waals surface area contributed by atoms with Gasteiger partial charge in [-0.15, -0.1) is 0 Å². The van der Waals surface area contributed by atoms with E-state index in [1.54, 1.807) is 0 Å². The number of piperidine rings is 2. The number of primary amides is 1. The second kappa shape index (κ2) is 5.68. The van der Waals surface area contributed by atoms with Crippen molar-refractivity contribution in [2.45, 2.75) is 56.7 Å². The van der Waals surface area contributed by atoms with E-state index in [4.69, 9.17) is 5.73 Å². The van der Waals surface area contributed by atoms with E-state index in [2.05, 4.69) is 46.8 Å². The maximum Gasteiger partial charge on any atom is 0.223 e. The minimum absolute atomic E-state index is 0.248. The molecule has 0 spiro atoms. The summed E-state index contributed by atoms with van der Waals surface area (Å²) in [6.07, 6.45) is 6.64. The highest BCUT2D eigenvalue weighted by molar-refractivity contribution is 5.84. The van der Waals surface area contributed by atoms with Crippen LogP contribution in [-0.4, -0.2) is 34.5 Å². The van der Waals surface area contributed by atoms with Crippen molar-refractivity contribution >= 4 is 16.8 Å². The van der Waals surface area contributed by atoms with E-state index in [0.717, 1.165) is 5.69 Å². The highest BCUT2D eigenvalue weighted by Crippen LogP contribution is 2.40. The van der Waals surface area contributed by atoms with Crippen LogP contribution in [0.2, 0.25) is 0 Å². The van der Waals surface area contributed by atoms with Gasteiger partial charge in [0.1, 0.15) is 0 Å². The first-order valence-electron chi connectivity index (χ1n) is 8.72. The Morgan fingerprint density at radius 3 is 2.57 bits per heavy atom. The molecule has 122 valence electrons. The lowest BCUT2D eigenvalue weighted by Crippen LogP contribution is -2.50. The molecular weight excluding hydrogens is 286 g/mol. The third-order valence-electron chi connectivity index (χ3n) is 5.86. The molecule has 3 heterocycles. The third-order valence-corrected chi connectivity index (χ3v) is 5.86. The zero-order valence-corrected chi connectivity index (χ0v) is 13.7. The molecule has 23 heavy (non-hydrogen) atoms. The summed E-state index contributed by atoms with van der Waals surface area (Å²) in [5.41, 5.74) is 7.82. The number of nitrogens with two attached hydrogens (primary N) is 1. The minimum atomic E-state index is -0.248. The Morgan fingerprint density at radius 2 is 1.87 bits per heavy atom. The molecule has 2 bridgehead atoms. The highest BCUT2D eigenvalue weighted by Gasteiger charge is 2.37. The van der Waals surface area contributed by atoms with E-state index in [-0.39, 0.29) is 5.91 Å². The summed E-state index contributed by atoms with van der Waals surface area (Å²) in [6, 6.07) is 12.4. The number of nitrogens with zero attached hydrogens (tertiary/aromatic N) is 2. The van der Waals surface area contributed by atoms with E-state index in [9.17, 15) is 4.79 Å². The fourth-order valence-corrected chi connectivity index (χ4v) is 4.78. The molecule has 2 N–H and O–H groups in total. The number of rotatable bonds is 3. The van der Waals surface area contributed by atoms with Gasteiger partial charge in [-0.25, -0.2) is 0 Å². The van der Waals surface area contributed by atoms with Crippen molar-refractivity contribution < 1.29 is 4.79 Å².